The number of carbonyl (C=O) groups excluding carboxylic acids is 6. The first-order chi connectivity index (χ1) is 35.0. The fourth-order valence-corrected chi connectivity index (χ4v) is 7.94. The quantitative estimate of drug-likeness (QED) is 0.0664. The maximum Gasteiger partial charge on any atom is 1.00 e. The number of aromatic nitrogens is 3. The Bertz CT molecular complexity index is 3570. The van der Waals surface area contributed by atoms with E-state index >= 15 is 0 Å². The van der Waals surface area contributed by atoms with Crippen LogP contribution in [0.3, 0.4) is 0 Å². The third-order valence-corrected chi connectivity index (χ3v) is 11.5. The molecule has 0 unspecified atom stereocenters. The van der Waals surface area contributed by atoms with Gasteiger partial charge >= 0.3 is 109 Å². The van der Waals surface area contributed by atoms with Crippen LogP contribution in [0.2, 0.25) is 0 Å². The largest absolute Gasteiger partial charge is 1.00 e. The van der Waals surface area contributed by atoms with Crippen LogP contribution < -0.4 is 114 Å². The van der Waals surface area contributed by atoms with Crippen molar-refractivity contribution in [3.8, 4) is 11.3 Å². The number of carbonyl (C=O) groups is 6. The van der Waals surface area contributed by atoms with Crippen LogP contribution in [0.5, 0.6) is 0 Å². The van der Waals surface area contributed by atoms with Crippen molar-refractivity contribution in [1.29, 1.82) is 0 Å². The van der Waals surface area contributed by atoms with Crippen molar-refractivity contribution in [1.82, 2.24) is 19.8 Å². The summed E-state index contributed by atoms with van der Waals surface area (Å²) in [4.78, 5) is 78.9. The van der Waals surface area contributed by atoms with E-state index in [1.807, 2.05) is 103 Å². The Morgan fingerprint density at radius 2 is 1.04 bits per heavy atom. The van der Waals surface area contributed by atoms with Gasteiger partial charge in [-0.05, 0) is 58.3 Å². The maximum absolute atomic E-state index is 13.1. The molecule has 0 saturated carbocycles. The van der Waals surface area contributed by atoms with Gasteiger partial charge in [0.05, 0.1) is 16.9 Å². The summed E-state index contributed by atoms with van der Waals surface area (Å²) in [5, 5.41) is 9.11. The van der Waals surface area contributed by atoms with Crippen LogP contribution in [0.25, 0.3) is 28.5 Å². The molecule has 0 spiro atoms. The number of allylic oxidation sites excluding steroid dienone is 11. The molecule has 7 aromatic rings. The number of hydrogen-bond donors (Lipinski definition) is 2. The van der Waals surface area contributed by atoms with Crippen LogP contribution in [0.4, 0.5) is 9.59 Å². The number of pyridine rings is 1. The number of rotatable bonds is 10. The molecule has 2 aliphatic carbocycles. The van der Waals surface area contributed by atoms with Gasteiger partial charge in [0.2, 0.25) is 0 Å². The number of benzene rings is 5. The van der Waals surface area contributed by atoms with Crippen LogP contribution in [0.1, 0.15) is 58.9 Å². The second kappa shape index (κ2) is 27.6. The van der Waals surface area contributed by atoms with Crippen molar-refractivity contribution in [3.63, 3.8) is 0 Å². The van der Waals surface area contributed by atoms with Crippen LogP contribution in [-0.4, -0.2) is 71.8 Å². The monoisotopic (exact) mass is 1050 g/mol. The van der Waals surface area contributed by atoms with E-state index in [4.69, 9.17) is 11.5 Å². The van der Waals surface area contributed by atoms with Crippen LogP contribution >= 0.6 is 0 Å². The number of urea groups is 1. The molecule has 3 aliphatic rings. The van der Waals surface area contributed by atoms with Gasteiger partial charge < -0.3 is 32.0 Å². The summed E-state index contributed by atoms with van der Waals surface area (Å²) in [6.07, 6.45) is 23.0. The van der Waals surface area contributed by atoms with Gasteiger partial charge in [0, 0.05) is 34.8 Å². The summed E-state index contributed by atoms with van der Waals surface area (Å²) in [5.41, 5.74) is 19.9. The molecule has 364 valence electrons. The molecule has 5 aromatic carbocycles. The Morgan fingerprint density at radius 1 is 0.539 bits per heavy atom. The molecule has 2 aromatic heterocycles. The van der Waals surface area contributed by atoms with Crippen molar-refractivity contribution in [3.05, 3.63) is 280 Å². The van der Waals surface area contributed by atoms with E-state index in [-0.39, 0.29) is 142 Å². The molecule has 6 N–H and O–H groups in total. The van der Waals surface area contributed by atoms with Gasteiger partial charge in [0.1, 0.15) is 5.71 Å². The van der Waals surface area contributed by atoms with Gasteiger partial charge in [0.25, 0.3) is 11.9 Å². The summed E-state index contributed by atoms with van der Waals surface area (Å²) in [7, 11) is 0. The Hall–Kier alpha value is -7.08. The van der Waals surface area contributed by atoms with E-state index in [1.54, 1.807) is 110 Å². The van der Waals surface area contributed by atoms with E-state index in [0.717, 1.165) is 32.5 Å². The summed E-state index contributed by atoms with van der Waals surface area (Å²) in [5.74, 6) is -1.24. The van der Waals surface area contributed by atoms with Gasteiger partial charge in [0.15, 0.2) is 11.6 Å². The molecule has 1 aliphatic heterocycles. The fourth-order valence-electron chi connectivity index (χ4n) is 7.94. The van der Waals surface area contributed by atoms with Crippen molar-refractivity contribution in [2.24, 2.45) is 16.6 Å². The Balaban J connectivity index is 0.000000272. The van der Waals surface area contributed by atoms with Gasteiger partial charge in [-0.1, -0.05) is 169 Å². The minimum atomic E-state index is -0.976. The van der Waals surface area contributed by atoms with E-state index in [2.05, 4.69) is 27.5 Å². The summed E-state index contributed by atoms with van der Waals surface area (Å²) >= 11 is 0. The summed E-state index contributed by atoms with van der Waals surface area (Å²) in [6.45, 7) is 0. The minimum absolute atomic E-state index is 0. The molecule has 0 fully saturated rings. The molecule has 17 heteroatoms. The molecular weight excluding hydrogens is 1010 g/mol. The number of fused-ring (bicyclic) bond motifs is 2. The molecule has 0 bridgehead atoms. The van der Waals surface area contributed by atoms with Crippen molar-refractivity contribution >= 4 is 58.3 Å². The zero-order chi connectivity index (χ0) is 50.1. The van der Waals surface area contributed by atoms with Gasteiger partial charge in [-0.15, -0.1) is 40.4 Å². The van der Waals surface area contributed by atoms with E-state index in [0.29, 0.717) is 55.4 Å². The molecule has 10 rings (SSSR count). The average molecular weight is 1050 g/mol. The molecule has 0 radical (unpaired) electrons. The van der Waals surface area contributed by atoms with Crippen molar-refractivity contribution in [2.75, 3.05) is 0 Å². The number of imide groups is 1. The number of amides is 4. The second-order valence-electron chi connectivity index (χ2n) is 16.1. The third-order valence-electron chi connectivity index (χ3n) is 11.5. The predicted molar refractivity (Wildman–Crippen MR) is 277 cm³/mol. The number of Topliss-reactive ketones (excluding diaryl/α,β-unsaturated/α-hetero) is 3. The van der Waals surface area contributed by atoms with Crippen LogP contribution in [-0.2, 0) is 4.79 Å². The molecule has 4 amide bonds. The van der Waals surface area contributed by atoms with Crippen molar-refractivity contribution < 1.29 is 142 Å². The minimum Gasteiger partial charge on any atom is -0.870 e. The number of primary amides is 2. The van der Waals surface area contributed by atoms with Gasteiger partial charge in [-0.25, -0.2) is 9.89 Å². The van der Waals surface area contributed by atoms with E-state index in [9.17, 15) is 28.8 Å². The average Bonchev–Trinajstić information content (AvgIpc) is 4.16. The normalized spacial score (nSPS) is 14.1. The fraction of sp³-hybridized carbons (Fsp3) is 0. The zero-order valence-corrected chi connectivity index (χ0v) is 47.2. The molecule has 76 heavy (non-hydrogen) atoms. The number of hydrazone groups is 1. The summed E-state index contributed by atoms with van der Waals surface area (Å²) in [6, 6.07) is 44.0. The molecular formula is C59H41K2N7O8-2. The SMILES string of the molecule is NC(=O)N1N=C(c2ccccc2)/C(=C/C=C(/C=C/c2[c-]n(C(N)=O)nc2-c2ccccc2)c2ccncc2)C1=O.O=C1C(/C=C/C(=C/C=C2C(=O)c3ccccc3C2=O)c2ccccc2)=[C-]c2ccccc21.[K+].[K+].[OH-].[OH-]. The number of hydrogen-bond acceptors (Lipinski definition) is 11. The standard InChI is InChI=1S/C30H22N7O3.C29H17O3.2K.2H2O/c31-29(39)36-19-24(26(34-36)22-7-3-1-4-8-22)12-11-20(21-15-17-33-18-16-21)13-14-25-27(23-9-5-2-6-10-23)35-37(28(25)38)30(32)40;30-27-22(18-21-10-4-5-11-23(21)27)15-14-20(19-8-2-1-3-9-19)16-17-26-28(31)24-12-6-7-13-25(24)29(26)32;;;;/h1-18H,(H2,31,39)(H2,32,40);1-17H;;;2*1H2/q2*-1;2*+1;;/p-2/b12-11+,20-13-,25-14-;15-14+,20-16-;;;;. The molecule has 0 atom stereocenters. The number of nitrogens with two attached hydrogens (primary N) is 2. The van der Waals surface area contributed by atoms with E-state index < -0.39 is 18.0 Å². The number of ketones is 3. The Labute approximate surface area is 522 Å². The molecule has 15 nitrogen and oxygen atoms in total. The first-order valence-corrected chi connectivity index (χ1v) is 22.3. The third kappa shape index (κ3) is 13.5. The second-order valence-corrected chi connectivity index (χ2v) is 16.1. The van der Waals surface area contributed by atoms with Gasteiger partial charge in [-0.2, -0.15) is 5.10 Å². The molecule has 3 heterocycles. The van der Waals surface area contributed by atoms with E-state index in [1.165, 1.54) is 0 Å². The maximum atomic E-state index is 13.1. The van der Waals surface area contributed by atoms with Crippen LogP contribution in [0, 0.1) is 12.3 Å². The smallest absolute Gasteiger partial charge is 0.870 e. The first kappa shape index (κ1) is 59.8. The predicted octanol–water partition coefficient (Wildman–Crippen LogP) is 3.28. The van der Waals surface area contributed by atoms with Crippen LogP contribution in [0.15, 0.2) is 228 Å². The Morgan fingerprint density at radius 3 is 1.61 bits per heavy atom. The Kier molecular flexibility index (Phi) is 21.7. The van der Waals surface area contributed by atoms with Gasteiger partial charge in [-0.3, -0.25) is 24.0 Å². The van der Waals surface area contributed by atoms with Crippen molar-refractivity contribution in [2.45, 2.75) is 0 Å². The first-order valence-electron chi connectivity index (χ1n) is 22.3. The topological polar surface area (TPSA) is 261 Å². The summed E-state index contributed by atoms with van der Waals surface area (Å²) < 4.78 is 0.956. The zero-order valence-electron chi connectivity index (χ0n) is 40.9. The number of nitrogens with zero attached hydrogens (tertiary/aromatic N) is 5. The molecule has 0 saturated heterocycles.